The molecule has 1 amide bonds. The van der Waals surface area contributed by atoms with Crippen LogP contribution in [-0.2, 0) is 9.53 Å². The van der Waals surface area contributed by atoms with Gasteiger partial charge in [0.1, 0.15) is 0 Å². The second-order valence-electron chi connectivity index (χ2n) is 4.85. The van der Waals surface area contributed by atoms with Crippen LogP contribution < -0.4 is 5.32 Å². The summed E-state index contributed by atoms with van der Waals surface area (Å²) in [6.45, 7) is 1.43. The average Bonchev–Trinajstić information content (AvgIpc) is 2.57. The van der Waals surface area contributed by atoms with Gasteiger partial charge in [-0.15, -0.1) is 0 Å². The van der Waals surface area contributed by atoms with E-state index in [0.29, 0.717) is 16.3 Å². The number of nitriles is 1. The quantitative estimate of drug-likeness (QED) is 0.832. The predicted octanol–water partition coefficient (Wildman–Crippen LogP) is 4.05. The van der Waals surface area contributed by atoms with Crippen LogP contribution in [0.3, 0.4) is 0 Å². The molecule has 5 nitrogen and oxygen atoms in total. The van der Waals surface area contributed by atoms with Gasteiger partial charge in [-0.05, 0) is 43.3 Å². The van der Waals surface area contributed by atoms with Crippen LogP contribution in [-0.4, -0.2) is 18.0 Å². The molecule has 0 saturated carbocycles. The van der Waals surface area contributed by atoms with E-state index in [-0.39, 0.29) is 10.6 Å². The first-order valence-electron chi connectivity index (χ1n) is 6.88. The van der Waals surface area contributed by atoms with Crippen LogP contribution in [0.1, 0.15) is 22.8 Å². The van der Waals surface area contributed by atoms with Crippen molar-refractivity contribution in [2.75, 3.05) is 5.32 Å². The van der Waals surface area contributed by atoms with Crippen molar-refractivity contribution in [1.82, 2.24) is 0 Å². The van der Waals surface area contributed by atoms with E-state index in [4.69, 9.17) is 33.2 Å². The lowest BCUT2D eigenvalue weighted by molar-refractivity contribution is -0.123. The Bertz CT molecular complexity index is 831. The summed E-state index contributed by atoms with van der Waals surface area (Å²) in [4.78, 5) is 24.2. The van der Waals surface area contributed by atoms with Gasteiger partial charge in [-0.1, -0.05) is 29.3 Å². The molecule has 2 aromatic rings. The van der Waals surface area contributed by atoms with Gasteiger partial charge in [0.2, 0.25) is 0 Å². The molecule has 0 unspecified atom stereocenters. The summed E-state index contributed by atoms with van der Waals surface area (Å²) >= 11 is 11.8. The van der Waals surface area contributed by atoms with Gasteiger partial charge in [0.25, 0.3) is 5.91 Å². The van der Waals surface area contributed by atoms with Crippen molar-refractivity contribution in [1.29, 1.82) is 5.26 Å². The monoisotopic (exact) mass is 362 g/mol. The Morgan fingerprint density at radius 1 is 1.21 bits per heavy atom. The fraction of sp³-hybridized carbons (Fsp3) is 0.118. The Labute approximate surface area is 148 Å². The summed E-state index contributed by atoms with van der Waals surface area (Å²) in [5.74, 6) is -1.28. The summed E-state index contributed by atoms with van der Waals surface area (Å²) in [7, 11) is 0. The number of amides is 1. The molecule has 122 valence electrons. The number of benzene rings is 2. The molecule has 0 spiro atoms. The first-order chi connectivity index (χ1) is 11.4. The minimum Gasteiger partial charge on any atom is -0.449 e. The second-order valence-corrected chi connectivity index (χ2v) is 5.70. The molecule has 0 fully saturated rings. The third-order valence-electron chi connectivity index (χ3n) is 3.06. The van der Waals surface area contributed by atoms with Crippen molar-refractivity contribution in [2.24, 2.45) is 0 Å². The molecule has 24 heavy (non-hydrogen) atoms. The fourth-order valence-electron chi connectivity index (χ4n) is 1.84. The van der Waals surface area contributed by atoms with E-state index in [9.17, 15) is 9.59 Å². The lowest BCUT2D eigenvalue weighted by Gasteiger charge is -2.14. The summed E-state index contributed by atoms with van der Waals surface area (Å²) in [6, 6.07) is 12.7. The maximum atomic E-state index is 12.1. The Balaban J connectivity index is 2.04. The van der Waals surface area contributed by atoms with Crippen molar-refractivity contribution in [3.8, 4) is 6.07 Å². The lowest BCUT2D eigenvalue weighted by Crippen LogP contribution is -2.30. The Morgan fingerprint density at radius 3 is 2.67 bits per heavy atom. The molecule has 1 N–H and O–H groups in total. The molecule has 0 aliphatic heterocycles. The lowest BCUT2D eigenvalue weighted by atomic mass is 10.2. The molecule has 7 heteroatoms. The zero-order chi connectivity index (χ0) is 17.7. The molecular formula is C17H12Cl2N2O3. The first-order valence-corrected chi connectivity index (χ1v) is 7.63. The zero-order valence-electron chi connectivity index (χ0n) is 12.5. The highest BCUT2D eigenvalue weighted by molar-refractivity contribution is 6.35. The molecule has 0 saturated heterocycles. The molecule has 1 atom stereocenters. The van der Waals surface area contributed by atoms with Gasteiger partial charge in [0, 0.05) is 10.7 Å². The number of nitrogens with one attached hydrogen (secondary N) is 1. The van der Waals surface area contributed by atoms with Crippen molar-refractivity contribution in [3.63, 3.8) is 0 Å². The van der Waals surface area contributed by atoms with E-state index >= 15 is 0 Å². The van der Waals surface area contributed by atoms with Gasteiger partial charge in [0.05, 0.1) is 22.2 Å². The zero-order valence-corrected chi connectivity index (χ0v) is 14.1. The van der Waals surface area contributed by atoms with E-state index in [1.807, 2.05) is 6.07 Å². The van der Waals surface area contributed by atoms with Crippen molar-refractivity contribution >= 4 is 40.8 Å². The molecule has 2 rings (SSSR count). The fourth-order valence-corrected chi connectivity index (χ4v) is 2.21. The van der Waals surface area contributed by atoms with Gasteiger partial charge in [-0.25, -0.2) is 4.79 Å². The van der Waals surface area contributed by atoms with Crippen LogP contribution in [0.2, 0.25) is 10.0 Å². The maximum absolute atomic E-state index is 12.1. The number of carbonyl (C=O) groups is 2. The van der Waals surface area contributed by atoms with Gasteiger partial charge in [-0.3, -0.25) is 4.79 Å². The summed E-state index contributed by atoms with van der Waals surface area (Å²) < 4.78 is 5.10. The van der Waals surface area contributed by atoms with Gasteiger partial charge in [-0.2, -0.15) is 5.26 Å². The standard InChI is InChI=1S/C17H12Cl2N2O3/c1-10(16(22)21-13-4-2-3-11(7-13)9-20)24-17(23)14-8-12(18)5-6-15(14)19/h2-8,10H,1H3,(H,21,22)/t10-/m0/s1. The van der Waals surface area contributed by atoms with Crippen LogP contribution in [0.5, 0.6) is 0 Å². The molecule has 0 bridgehead atoms. The van der Waals surface area contributed by atoms with Crippen LogP contribution >= 0.6 is 23.2 Å². The number of hydrogen-bond acceptors (Lipinski definition) is 4. The predicted molar refractivity (Wildman–Crippen MR) is 91.1 cm³/mol. The largest absolute Gasteiger partial charge is 0.449 e. The summed E-state index contributed by atoms with van der Waals surface area (Å²) in [5.41, 5.74) is 0.918. The highest BCUT2D eigenvalue weighted by Gasteiger charge is 2.21. The minimum absolute atomic E-state index is 0.0790. The molecule has 2 aromatic carbocycles. The highest BCUT2D eigenvalue weighted by Crippen LogP contribution is 2.22. The smallest absolute Gasteiger partial charge is 0.340 e. The summed E-state index contributed by atoms with van der Waals surface area (Å²) in [6.07, 6.45) is -1.06. The van der Waals surface area contributed by atoms with Crippen molar-refractivity contribution in [3.05, 3.63) is 63.6 Å². The third kappa shape index (κ3) is 4.48. The van der Waals surface area contributed by atoms with Gasteiger partial charge < -0.3 is 10.1 Å². The Morgan fingerprint density at radius 2 is 1.96 bits per heavy atom. The van der Waals surface area contributed by atoms with E-state index < -0.39 is 18.0 Å². The minimum atomic E-state index is -1.06. The summed E-state index contributed by atoms with van der Waals surface area (Å²) in [5, 5.41) is 11.9. The van der Waals surface area contributed by atoms with E-state index in [2.05, 4.69) is 5.32 Å². The van der Waals surface area contributed by atoms with E-state index in [1.165, 1.54) is 25.1 Å². The first kappa shape index (κ1) is 17.8. The van der Waals surface area contributed by atoms with Crippen molar-refractivity contribution < 1.29 is 14.3 Å². The molecule has 0 aromatic heterocycles. The molecule has 0 aliphatic rings. The van der Waals surface area contributed by atoms with Crippen LogP contribution in [0, 0.1) is 11.3 Å². The van der Waals surface area contributed by atoms with Gasteiger partial charge in [0.15, 0.2) is 6.10 Å². The number of carbonyl (C=O) groups excluding carboxylic acids is 2. The molecule has 0 heterocycles. The number of halogens is 2. The number of ether oxygens (including phenoxy) is 1. The number of nitrogens with zero attached hydrogens (tertiary/aromatic N) is 1. The number of anilines is 1. The van der Waals surface area contributed by atoms with E-state index in [0.717, 1.165) is 0 Å². The van der Waals surface area contributed by atoms with Gasteiger partial charge >= 0.3 is 5.97 Å². The average molecular weight is 363 g/mol. The number of esters is 1. The number of hydrogen-bond donors (Lipinski definition) is 1. The van der Waals surface area contributed by atoms with E-state index in [1.54, 1.807) is 24.3 Å². The van der Waals surface area contributed by atoms with Crippen LogP contribution in [0.25, 0.3) is 0 Å². The SMILES string of the molecule is C[C@H](OC(=O)c1cc(Cl)ccc1Cl)C(=O)Nc1cccc(C#N)c1. The molecule has 0 radical (unpaired) electrons. The molecule has 0 aliphatic carbocycles. The van der Waals surface area contributed by atoms with Crippen LogP contribution in [0.15, 0.2) is 42.5 Å². The Hall–Kier alpha value is -2.55. The van der Waals surface area contributed by atoms with Crippen LogP contribution in [0.4, 0.5) is 5.69 Å². The topological polar surface area (TPSA) is 79.2 Å². The number of rotatable bonds is 4. The second kappa shape index (κ2) is 7.82. The maximum Gasteiger partial charge on any atom is 0.340 e. The highest BCUT2D eigenvalue weighted by atomic mass is 35.5. The van der Waals surface area contributed by atoms with Crippen molar-refractivity contribution in [2.45, 2.75) is 13.0 Å². The normalized spacial score (nSPS) is 11.2. The third-order valence-corrected chi connectivity index (χ3v) is 3.63. The molecular weight excluding hydrogens is 351 g/mol. The Kier molecular flexibility index (Phi) is 5.80.